The lowest BCUT2D eigenvalue weighted by molar-refractivity contribution is -0.0546. The van der Waals surface area contributed by atoms with Crippen molar-refractivity contribution in [1.29, 1.82) is 0 Å². The van der Waals surface area contributed by atoms with E-state index in [2.05, 4.69) is 0 Å². The van der Waals surface area contributed by atoms with Gasteiger partial charge in [0.1, 0.15) is 0 Å². The van der Waals surface area contributed by atoms with Gasteiger partial charge in [-0.3, -0.25) is 0 Å². The molecule has 0 saturated heterocycles. The Morgan fingerprint density at radius 3 is 2.42 bits per heavy atom. The highest BCUT2D eigenvalue weighted by Crippen LogP contribution is 2.38. The van der Waals surface area contributed by atoms with Crippen LogP contribution in [0.4, 0.5) is 0 Å². The Labute approximate surface area is 73.6 Å². The predicted molar refractivity (Wildman–Crippen MR) is 46.7 cm³/mol. The standard InChI is InChI=1S/C10H18O2/c11-9-6-5-7-3-1-2-4-8(9)10(7)12/h7-12H,1-6H2/t7-,8+,9-,10-/m0/s1. The monoisotopic (exact) mass is 170 g/mol. The normalized spacial score (nSPS) is 48.5. The second-order valence-electron chi connectivity index (χ2n) is 4.34. The average molecular weight is 170 g/mol. The van der Waals surface area contributed by atoms with E-state index in [-0.39, 0.29) is 18.1 Å². The van der Waals surface area contributed by atoms with Crippen LogP contribution in [0.25, 0.3) is 0 Å². The van der Waals surface area contributed by atoms with Crippen LogP contribution >= 0.6 is 0 Å². The lowest BCUT2D eigenvalue weighted by atomic mass is 9.76. The summed E-state index contributed by atoms with van der Waals surface area (Å²) in [6, 6.07) is 0. The minimum Gasteiger partial charge on any atom is -0.393 e. The summed E-state index contributed by atoms with van der Waals surface area (Å²) in [5.41, 5.74) is 0. The van der Waals surface area contributed by atoms with Crippen LogP contribution in [0.1, 0.15) is 38.5 Å². The molecule has 12 heavy (non-hydrogen) atoms. The van der Waals surface area contributed by atoms with Gasteiger partial charge in [-0.05, 0) is 31.6 Å². The first kappa shape index (κ1) is 8.52. The number of aliphatic hydroxyl groups excluding tert-OH is 2. The molecule has 2 rings (SSSR count). The Bertz CT molecular complexity index is 158. The fourth-order valence-corrected chi connectivity index (χ4v) is 2.81. The molecule has 0 radical (unpaired) electrons. The van der Waals surface area contributed by atoms with Crippen molar-refractivity contribution in [2.45, 2.75) is 50.7 Å². The lowest BCUT2D eigenvalue weighted by Gasteiger charge is -2.36. The van der Waals surface area contributed by atoms with Crippen molar-refractivity contribution in [3.05, 3.63) is 0 Å². The smallest absolute Gasteiger partial charge is 0.0621 e. The third-order valence-electron chi connectivity index (χ3n) is 3.61. The molecule has 0 aromatic heterocycles. The van der Waals surface area contributed by atoms with Crippen LogP contribution in [0.5, 0.6) is 0 Å². The summed E-state index contributed by atoms with van der Waals surface area (Å²) in [5.74, 6) is 0.673. The van der Waals surface area contributed by atoms with Gasteiger partial charge in [0.2, 0.25) is 0 Å². The van der Waals surface area contributed by atoms with E-state index in [9.17, 15) is 10.2 Å². The Kier molecular flexibility index (Phi) is 2.37. The molecule has 0 amide bonds. The fourth-order valence-electron chi connectivity index (χ4n) is 2.81. The van der Waals surface area contributed by atoms with Gasteiger partial charge in [-0.15, -0.1) is 0 Å². The minimum absolute atomic E-state index is 0.186. The van der Waals surface area contributed by atoms with Crippen LogP contribution in [-0.4, -0.2) is 22.4 Å². The third kappa shape index (κ3) is 1.38. The third-order valence-corrected chi connectivity index (χ3v) is 3.61. The van der Waals surface area contributed by atoms with Gasteiger partial charge in [-0.25, -0.2) is 0 Å². The molecule has 0 heterocycles. The highest BCUT2D eigenvalue weighted by molar-refractivity contribution is 4.89. The molecule has 2 nitrogen and oxygen atoms in total. The van der Waals surface area contributed by atoms with Crippen molar-refractivity contribution >= 4 is 0 Å². The van der Waals surface area contributed by atoms with Gasteiger partial charge in [-0.2, -0.15) is 0 Å². The molecular weight excluding hydrogens is 152 g/mol. The van der Waals surface area contributed by atoms with E-state index in [1.807, 2.05) is 0 Å². The Balaban J connectivity index is 2.11. The number of hydrogen-bond acceptors (Lipinski definition) is 2. The molecular formula is C10H18O2. The number of aliphatic hydroxyl groups is 2. The zero-order valence-electron chi connectivity index (χ0n) is 7.45. The maximum atomic E-state index is 9.88. The molecule has 2 aliphatic carbocycles. The molecule has 4 atom stereocenters. The van der Waals surface area contributed by atoms with Crippen molar-refractivity contribution in [3.63, 3.8) is 0 Å². The molecule has 2 N–H and O–H groups in total. The summed E-state index contributed by atoms with van der Waals surface area (Å²) >= 11 is 0. The van der Waals surface area contributed by atoms with Gasteiger partial charge < -0.3 is 10.2 Å². The maximum Gasteiger partial charge on any atom is 0.0621 e. The van der Waals surface area contributed by atoms with E-state index in [0.717, 1.165) is 19.3 Å². The number of fused-ring (bicyclic) bond motifs is 2. The first-order valence-corrected chi connectivity index (χ1v) is 5.15. The fraction of sp³-hybridized carbons (Fsp3) is 1.00. The van der Waals surface area contributed by atoms with Crippen molar-refractivity contribution in [1.82, 2.24) is 0 Å². The molecule has 0 spiro atoms. The SMILES string of the molecule is O[C@H]1[C@H]2CCCC[C@@H]1[C@@H](O)CC2. The van der Waals surface area contributed by atoms with Crippen LogP contribution in [0.15, 0.2) is 0 Å². The second-order valence-corrected chi connectivity index (χ2v) is 4.34. The van der Waals surface area contributed by atoms with Gasteiger partial charge >= 0.3 is 0 Å². The highest BCUT2D eigenvalue weighted by atomic mass is 16.3. The summed E-state index contributed by atoms with van der Waals surface area (Å²) in [7, 11) is 0. The van der Waals surface area contributed by atoms with Crippen LogP contribution in [0.2, 0.25) is 0 Å². The maximum absolute atomic E-state index is 9.88. The molecule has 2 fully saturated rings. The van der Waals surface area contributed by atoms with Gasteiger partial charge in [-0.1, -0.05) is 12.8 Å². The van der Waals surface area contributed by atoms with E-state index in [0.29, 0.717) is 5.92 Å². The quantitative estimate of drug-likeness (QED) is 0.575. The summed E-state index contributed by atoms with van der Waals surface area (Å²) in [4.78, 5) is 0. The topological polar surface area (TPSA) is 40.5 Å². The van der Waals surface area contributed by atoms with Crippen molar-refractivity contribution in [2.24, 2.45) is 11.8 Å². The molecule has 0 aromatic rings. The largest absolute Gasteiger partial charge is 0.393 e. The van der Waals surface area contributed by atoms with Crippen molar-refractivity contribution in [2.75, 3.05) is 0 Å². The molecule has 2 bridgehead atoms. The van der Waals surface area contributed by atoms with Crippen LogP contribution in [0, 0.1) is 11.8 Å². The summed E-state index contributed by atoms with van der Waals surface area (Å²) < 4.78 is 0. The molecule has 70 valence electrons. The Hall–Kier alpha value is -0.0800. The predicted octanol–water partition coefficient (Wildman–Crippen LogP) is 1.31. The molecule has 2 heteroatoms. The van der Waals surface area contributed by atoms with Crippen molar-refractivity contribution < 1.29 is 10.2 Å². The first-order chi connectivity index (χ1) is 5.79. The summed E-state index contributed by atoms with van der Waals surface area (Å²) in [6.45, 7) is 0. The van der Waals surface area contributed by atoms with Gasteiger partial charge in [0.25, 0.3) is 0 Å². The van der Waals surface area contributed by atoms with Gasteiger partial charge in [0, 0.05) is 5.92 Å². The molecule has 2 saturated carbocycles. The average Bonchev–Trinajstić information content (AvgIpc) is 2.16. The zero-order chi connectivity index (χ0) is 8.55. The lowest BCUT2D eigenvalue weighted by Crippen LogP contribution is -2.40. The Morgan fingerprint density at radius 1 is 0.833 bits per heavy atom. The van der Waals surface area contributed by atoms with Crippen LogP contribution in [0.3, 0.4) is 0 Å². The van der Waals surface area contributed by atoms with Gasteiger partial charge in [0.15, 0.2) is 0 Å². The summed E-state index contributed by atoms with van der Waals surface area (Å²) in [5, 5.41) is 19.5. The van der Waals surface area contributed by atoms with Crippen LogP contribution in [-0.2, 0) is 0 Å². The highest BCUT2D eigenvalue weighted by Gasteiger charge is 2.38. The number of hydrogen-bond donors (Lipinski definition) is 2. The Morgan fingerprint density at radius 2 is 1.58 bits per heavy atom. The van der Waals surface area contributed by atoms with E-state index < -0.39 is 0 Å². The molecule has 2 aliphatic rings. The van der Waals surface area contributed by atoms with E-state index >= 15 is 0 Å². The van der Waals surface area contributed by atoms with E-state index in [1.165, 1.54) is 19.3 Å². The van der Waals surface area contributed by atoms with E-state index in [1.54, 1.807) is 0 Å². The van der Waals surface area contributed by atoms with Crippen LogP contribution < -0.4 is 0 Å². The summed E-state index contributed by atoms with van der Waals surface area (Å²) in [6.07, 6.45) is 6.12. The molecule has 0 unspecified atom stereocenters. The second kappa shape index (κ2) is 3.35. The van der Waals surface area contributed by atoms with Crippen molar-refractivity contribution in [3.8, 4) is 0 Å². The minimum atomic E-state index is -0.227. The van der Waals surface area contributed by atoms with Gasteiger partial charge in [0.05, 0.1) is 12.2 Å². The first-order valence-electron chi connectivity index (χ1n) is 5.15. The zero-order valence-corrected chi connectivity index (χ0v) is 7.45. The molecule has 0 aliphatic heterocycles. The van der Waals surface area contributed by atoms with E-state index in [4.69, 9.17) is 0 Å². The molecule has 0 aromatic carbocycles. The number of rotatable bonds is 0.